The normalized spacial score (nSPS) is 14.1. The second-order valence-corrected chi connectivity index (χ2v) is 12.4. The van der Waals surface area contributed by atoms with Gasteiger partial charge < -0.3 is 23.8 Å². The van der Waals surface area contributed by atoms with Crippen LogP contribution in [0.2, 0.25) is 0 Å². The molecule has 53 heavy (non-hydrogen) atoms. The molecule has 3 aromatic carbocycles. The smallest absolute Gasteiger partial charge is 0.439 e. The first-order valence-corrected chi connectivity index (χ1v) is 16.2. The summed E-state index contributed by atoms with van der Waals surface area (Å²) in [5.74, 6) is -0.360. The molecule has 2 amide bonds. The fourth-order valence-electron chi connectivity index (χ4n) is 5.84. The van der Waals surface area contributed by atoms with Crippen molar-refractivity contribution in [1.29, 1.82) is 0 Å². The first-order valence-electron chi connectivity index (χ1n) is 16.2. The molecule has 0 unspecified atom stereocenters. The number of pyridine rings is 1. The highest BCUT2D eigenvalue weighted by molar-refractivity contribution is 6.05. The van der Waals surface area contributed by atoms with Crippen molar-refractivity contribution < 1.29 is 49.8 Å². The maximum absolute atomic E-state index is 13.6. The van der Waals surface area contributed by atoms with Crippen molar-refractivity contribution in [1.82, 2.24) is 19.4 Å². The standard InChI is InChI=1S/C37H32F7N5O4/c1-46(33(50)24-5-8-26(9-6-24)36(40,41)42)27-10-14-32(45-21-27)52-29-13-7-25-19-31(47(2)30(25)20-29)34(51)49-17-15-48(16-18-49)22-23-3-11-28(12-4-23)53-37(43,44)35(38)39/h3-14,19-21,35H,15-18,22H2,1-2H3. The molecule has 278 valence electrons. The summed E-state index contributed by atoms with van der Waals surface area (Å²) < 4.78 is 102. The van der Waals surface area contributed by atoms with E-state index in [1.807, 2.05) is 6.07 Å². The van der Waals surface area contributed by atoms with Gasteiger partial charge in [-0.15, -0.1) is 0 Å². The number of anilines is 1. The van der Waals surface area contributed by atoms with Gasteiger partial charge in [0.15, 0.2) is 0 Å². The van der Waals surface area contributed by atoms with E-state index in [1.165, 1.54) is 42.4 Å². The maximum Gasteiger partial charge on any atom is 0.461 e. The number of aromatic nitrogens is 2. The van der Waals surface area contributed by atoms with Crippen molar-refractivity contribution in [3.8, 4) is 17.4 Å². The summed E-state index contributed by atoms with van der Waals surface area (Å²) in [5, 5.41) is 0.812. The molecule has 0 aliphatic carbocycles. The molecule has 16 heteroatoms. The molecule has 3 heterocycles. The number of amides is 2. The van der Waals surface area contributed by atoms with Crippen LogP contribution in [-0.2, 0) is 19.8 Å². The number of aryl methyl sites for hydroxylation is 1. The predicted molar refractivity (Wildman–Crippen MR) is 181 cm³/mol. The van der Waals surface area contributed by atoms with E-state index in [0.29, 0.717) is 49.9 Å². The first-order chi connectivity index (χ1) is 25.1. The monoisotopic (exact) mass is 743 g/mol. The van der Waals surface area contributed by atoms with Crippen LogP contribution in [0, 0.1) is 0 Å². The summed E-state index contributed by atoms with van der Waals surface area (Å²) in [6, 6.07) is 19.7. The van der Waals surface area contributed by atoms with E-state index >= 15 is 0 Å². The third-order valence-electron chi connectivity index (χ3n) is 8.83. The SMILES string of the molecule is CN(C(=O)c1ccc(C(F)(F)F)cc1)c1ccc(Oc2ccc3cc(C(=O)N4CCN(Cc5ccc(OC(F)(F)C(F)F)cc5)CC4)n(C)c3c2)nc1. The third kappa shape index (κ3) is 8.38. The minimum absolute atomic E-state index is 0.0827. The van der Waals surface area contributed by atoms with Crippen molar-refractivity contribution in [2.45, 2.75) is 25.3 Å². The van der Waals surface area contributed by atoms with Gasteiger partial charge in [-0.2, -0.15) is 30.7 Å². The van der Waals surface area contributed by atoms with E-state index in [-0.39, 0.29) is 23.1 Å². The number of hydrogen-bond acceptors (Lipinski definition) is 6. The molecular formula is C37H32F7N5O4. The minimum Gasteiger partial charge on any atom is -0.439 e. The molecule has 1 fully saturated rings. The number of benzene rings is 3. The van der Waals surface area contributed by atoms with Crippen LogP contribution in [0.25, 0.3) is 10.9 Å². The summed E-state index contributed by atoms with van der Waals surface area (Å²) in [6.45, 7) is 2.48. The zero-order chi connectivity index (χ0) is 38.1. The van der Waals surface area contributed by atoms with Crippen LogP contribution in [0.1, 0.15) is 32.0 Å². The van der Waals surface area contributed by atoms with E-state index in [1.54, 1.807) is 46.8 Å². The number of alkyl halides is 7. The van der Waals surface area contributed by atoms with Gasteiger partial charge >= 0.3 is 18.7 Å². The van der Waals surface area contributed by atoms with Gasteiger partial charge in [0.2, 0.25) is 5.88 Å². The summed E-state index contributed by atoms with van der Waals surface area (Å²) in [7, 11) is 3.26. The Kier molecular flexibility index (Phi) is 10.3. The summed E-state index contributed by atoms with van der Waals surface area (Å²) in [4.78, 5) is 35.8. The average molecular weight is 744 g/mol. The first kappa shape index (κ1) is 37.1. The highest BCUT2D eigenvalue weighted by atomic mass is 19.4. The summed E-state index contributed by atoms with van der Waals surface area (Å²) in [5.41, 5.74) is 1.62. The molecule has 0 atom stereocenters. The average Bonchev–Trinajstić information content (AvgIpc) is 3.47. The van der Waals surface area contributed by atoms with Crippen LogP contribution >= 0.6 is 0 Å². The second-order valence-electron chi connectivity index (χ2n) is 12.4. The van der Waals surface area contributed by atoms with Gasteiger partial charge in [-0.05, 0) is 66.2 Å². The van der Waals surface area contributed by atoms with Crippen LogP contribution in [0.3, 0.4) is 0 Å². The van der Waals surface area contributed by atoms with E-state index in [0.717, 1.165) is 40.7 Å². The summed E-state index contributed by atoms with van der Waals surface area (Å²) in [6.07, 6.45) is -11.6. The molecule has 6 rings (SSSR count). The molecule has 0 spiro atoms. The van der Waals surface area contributed by atoms with Crippen molar-refractivity contribution in [3.63, 3.8) is 0 Å². The lowest BCUT2D eigenvalue weighted by Gasteiger charge is -2.34. The quantitative estimate of drug-likeness (QED) is 0.136. The van der Waals surface area contributed by atoms with Crippen LogP contribution in [0.15, 0.2) is 91.1 Å². The Morgan fingerprint density at radius 1 is 0.849 bits per heavy atom. The molecule has 5 aromatic rings. The largest absolute Gasteiger partial charge is 0.461 e. The third-order valence-corrected chi connectivity index (χ3v) is 8.83. The van der Waals surface area contributed by atoms with Crippen molar-refractivity contribution in [2.24, 2.45) is 7.05 Å². The predicted octanol–water partition coefficient (Wildman–Crippen LogP) is 7.86. The molecule has 1 saturated heterocycles. The lowest BCUT2D eigenvalue weighted by Crippen LogP contribution is -2.48. The van der Waals surface area contributed by atoms with Gasteiger partial charge in [0.25, 0.3) is 11.8 Å². The van der Waals surface area contributed by atoms with Gasteiger partial charge in [-0.3, -0.25) is 14.5 Å². The highest BCUT2D eigenvalue weighted by Gasteiger charge is 2.44. The van der Waals surface area contributed by atoms with Crippen molar-refractivity contribution >= 4 is 28.4 Å². The van der Waals surface area contributed by atoms with Gasteiger partial charge in [0, 0.05) is 69.9 Å². The lowest BCUT2D eigenvalue weighted by molar-refractivity contribution is -0.253. The van der Waals surface area contributed by atoms with Gasteiger partial charge in [-0.25, -0.2) is 4.98 Å². The van der Waals surface area contributed by atoms with E-state index in [9.17, 15) is 40.3 Å². The van der Waals surface area contributed by atoms with Crippen LogP contribution in [-0.4, -0.2) is 76.9 Å². The fourth-order valence-corrected chi connectivity index (χ4v) is 5.84. The molecule has 9 nitrogen and oxygen atoms in total. The molecule has 0 saturated carbocycles. The second kappa shape index (κ2) is 14.8. The Hall–Kier alpha value is -5.64. The molecule has 0 bridgehead atoms. The fraction of sp³-hybridized carbons (Fsp3) is 0.270. The van der Waals surface area contributed by atoms with E-state index in [4.69, 9.17) is 4.74 Å². The van der Waals surface area contributed by atoms with Gasteiger partial charge in [-0.1, -0.05) is 12.1 Å². The Balaban J connectivity index is 1.04. The summed E-state index contributed by atoms with van der Waals surface area (Å²) >= 11 is 0. The molecule has 0 radical (unpaired) electrons. The van der Waals surface area contributed by atoms with Crippen molar-refractivity contribution in [2.75, 3.05) is 38.1 Å². The van der Waals surface area contributed by atoms with Crippen LogP contribution in [0.4, 0.5) is 36.4 Å². The number of piperazine rings is 1. The number of nitrogens with zero attached hydrogens (tertiary/aromatic N) is 5. The number of rotatable bonds is 10. The Morgan fingerprint density at radius 3 is 2.11 bits per heavy atom. The number of halogens is 7. The number of hydrogen-bond donors (Lipinski definition) is 0. The number of carbonyl (C=O) groups is 2. The molecule has 0 N–H and O–H groups in total. The zero-order valence-corrected chi connectivity index (χ0v) is 28.3. The Bertz CT molecular complexity index is 2080. The lowest BCUT2D eigenvalue weighted by atomic mass is 10.1. The number of fused-ring (bicyclic) bond motifs is 1. The van der Waals surface area contributed by atoms with E-state index < -0.39 is 30.2 Å². The molecule has 1 aliphatic rings. The molecule has 1 aliphatic heterocycles. The number of ether oxygens (including phenoxy) is 2. The maximum atomic E-state index is 13.6. The van der Waals surface area contributed by atoms with Crippen LogP contribution < -0.4 is 14.4 Å². The van der Waals surface area contributed by atoms with E-state index in [2.05, 4.69) is 14.6 Å². The highest BCUT2D eigenvalue weighted by Crippen LogP contribution is 2.31. The van der Waals surface area contributed by atoms with Crippen LogP contribution in [0.5, 0.6) is 17.4 Å². The number of carbonyl (C=O) groups excluding carboxylic acids is 2. The topological polar surface area (TPSA) is 80.1 Å². The molecular weight excluding hydrogens is 711 g/mol. The van der Waals surface area contributed by atoms with Crippen molar-refractivity contribution in [3.05, 3.63) is 114 Å². The van der Waals surface area contributed by atoms with Gasteiger partial charge in [0.1, 0.15) is 17.2 Å². The Morgan fingerprint density at radius 2 is 1.51 bits per heavy atom. The zero-order valence-electron chi connectivity index (χ0n) is 28.3. The molecule has 2 aromatic heterocycles. The Labute approximate surface area is 298 Å². The van der Waals surface area contributed by atoms with Gasteiger partial charge in [0.05, 0.1) is 23.0 Å². The minimum atomic E-state index is -4.58.